The highest BCUT2D eigenvalue weighted by atomic mass is 32.1. The van der Waals surface area contributed by atoms with Gasteiger partial charge in [-0.15, -0.1) is 11.3 Å². The van der Waals surface area contributed by atoms with Gasteiger partial charge in [-0.05, 0) is 6.92 Å². The summed E-state index contributed by atoms with van der Waals surface area (Å²) < 4.78 is 0. The summed E-state index contributed by atoms with van der Waals surface area (Å²) in [5.74, 6) is -0.249. The van der Waals surface area contributed by atoms with Crippen LogP contribution in [0.3, 0.4) is 0 Å². The van der Waals surface area contributed by atoms with Gasteiger partial charge in [-0.25, -0.2) is 4.98 Å². The fourth-order valence-corrected chi connectivity index (χ4v) is 3.18. The third-order valence-electron chi connectivity index (χ3n) is 3.76. The van der Waals surface area contributed by atoms with Crippen LogP contribution >= 0.6 is 11.3 Å². The van der Waals surface area contributed by atoms with Crippen LogP contribution in [0, 0.1) is 0 Å². The van der Waals surface area contributed by atoms with Crippen molar-refractivity contribution < 1.29 is 9.90 Å². The van der Waals surface area contributed by atoms with Crippen LogP contribution in [-0.2, 0) is 11.3 Å². The monoisotopic (exact) mass is 297 g/mol. The zero-order valence-corrected chi connectivity index (χ0v) is 13.2. The molecule has 2 heterocycles. The van der Waals surface area contributed by atoms with E-state index in [1.165, 1.54) is 5.01 Å². The van der Waals surface area contributed by atoms with Crippen LogP contribution in [0.15, 0.2) is 5.38 Å². The molecule has 2 rings (SSSR count). The first-order chi connectivity index (χ1) is 9.47. The quantitative estimate of drug-likeness (QED) is 0.899. The Morgan fingerprint density at radius 2 is 2.00 bits per heavy atom. The topological polar surface area (TPSA) is 56.7 Å². The fourth-order valence-electron chi connectivity index (χ4n) is 2.35. The summed E-state index contributed by atoms with van der Waals surface area (Å²) in [5, 5.41) is 12.4. The van der Waals surface area contributed by atoms with Crippen LogP contribution < -0.4 is 0 Å². The molecule has 1 unspecified atom stereocenters. The first-order valence-corrected chi connectivity index (χ1v) is 7.99. The van der Waals surface area contributed by atoms with Crippen molar-refractivity contribution in [3.05, 3.63) is 16.1 Å². The minimum absolute atomic E-state index is 0.385. The second-order valence-corrected chi connectivity index (χ2v) is 6.55. The number of carboxylic acids is 1. The Bertz CT molecular complexity index is 453. The van der Waals surface area contributed by atoms with Gasteiger partial charge in [0.25, 0.3) is 0 Å². The van der Waals surface area contributed by atoms with E-state index in [-0.39, 0.29) is 6.04 Å². The molecule has 1 aromatic rings. The highest BCUT2D eigenvalue weighted by Gasteiger charge is 2.25. The fraction of sp³-hybridized carbons (Fsp3) is 0.714. The summed E-state index contributed by atoms with van der Waals surface area (Å²) in [7, 11) is 0. The van der Waals surface area contributed by atoms with Gasteiger partial charge in [0, 0.05) is 44.0 Å². The van der Waals surface area contributed by atoms with E-state index < -0.39 is 5.97 Å². The van der Waals surface area contributed by atoms with E-state index in [1.54, 1.807) is 18.3 Å². The summed E-state index contributed by atoms with van der Waals surface area (Å²) in [5.41, 5.74) is 1.14. The third kappa shape index (κ3) is 3.77. The Hall–Kier alpha value is -0.980. The number of piperazine rings is 1. The van der Waals surface area contributed by atoms with Crippen molar-refractivity contribution in [2.75, 3.05) is 26.2 Å². The number of hydrogen-bond acceptors (Lipinski definition) is 5. The van der Waals surface area contributed by atoms with Crippen molar-refractivity contribution in [1.29, 1.82) is 0 Å². The molecule has 0 spiro atoms. The lowest BCUT2D eigenvalue weighted by atomic mass is 10.2. The highest BCUT2D eigenvalue weighted by Crippen LogP contribution is 2.20. The zero-order valence-electron chi connectivity index (χ0n) is 12.4. The number of carboxylic acid groups (broad SMARTS) is 1. The Kier molecular flexibility index (Phi) is 5.12. The van der Waals surface area contributed by atoms with Gasteiger partial charge in [0.15, 0.2) is 0 Å². The van der Waals surface area contributed by atoms with Crippen LogP contribution in [0.2, 0.25) is 0 Å². The van der Waals surface area contributed by atoms with E-state index in [0.29, 0.717) is 5.92 Å². The molecule has 1 N–H and O–H groups in total. The van der Waals surface area contributed by atoms with E-state index in [4.69, 9.17) is 5.11 Å². The van der Waals surface area contributed by atoms with Crippen LogP contribution in [-0.4, -0.2) is 58.1 Å². The van der Waals surface area contributed by atoms with Crippen LogP contribution in [0.25, 0.3) is 0 Å². The lowest BCUT2D eigenvalue weighted by molar-refractivity contribution is -0.143. The van der Waals surface area contributed by atoms with Crippen molar-refractivity contribution in [1.82, 2.24) is 14.8 Å². The molecule has 0 radical (unpaired) electrons. The van der Waals surface area contributed by atoms with Gasteiger partial charge in [0.2, 0.25) is 0 Å². The minimum atomic E-state index is -0.737. The largest absolute Gasteiger partial charge is 0.480 e. The van der Waals surface area contributed by atoms with Gasteiger partial charge in [0.1, 0.15) is 6.04 Å². The number of carbonyl (C=O) groups is 1. The number of aromatic nitrogens is 1. The van der Waals surface area contributed by atoms with Crippen molar-refractivity contribution in [2.24, 2.45) is 0 Å². The SMILES string of the molecule is CC(C)c1nc(CN2CCN(C(C)C(=O)O)CC2)cs1. The molecule has 0 aromatic carbocycles. The van der Waals surface area contributed by atoms with Crippen LogP contribution in [0.5, 0.6) is 0 Å². The normalized spacial score (nSPS) is 19.4. The molecule has 0 bridgehead atoms. The van der Waals surface area contributed by atoms with Gasteiger partial charge in [-0.1, -0.05) is 13.8 Å². The molecule has 1 aliphatic rings. The maximum absolute atomic E-state index is 11.0. The maximum Gasteiger partial charge on any atom is 0.320 e. The molecule has 0 aliphatic carbocycles. The molecule has 112 valence electrons. The highest BCUT2D eigenvalue weighted by molar-refractivity contribution is 7.09. The number of rotatable bonds is 5. The molecular weight excluding hydrogens is 274 g/mol. The first kappa shape index (κ1) is 15.4. The van der Waals surface area contributed by atoms with Crippen molar-refractivity contribution in [2.45, 2.75) is 39.3 Å². The Morgan fingerprint density at radius 1 is 1.35 bits per heavy atom. The van der Waals surface area contributed by atoms with Gasteiger partial charge in [-0.2, -0.15) is 0 Å². The summed E-state index contributed by atoms with van der Waals surface area (Å²) >= 11 is 1.73. The summed E-state index contributed by atoms with van der Waals surface area (Å²) in [6.45, 7) is 10.4. The predicted molar refractivity (Wildman–Crippen MR) is 80.2 cm³/mol. The van der Waals surface area contributed by atoms with Crippen molar-refractivity contribution in [3.63, 3.8) is 0 Å². The standard InChI is InChI=1S/C14H23N3O2S/c1-10(2)13-15-12(9-20-13)8-16-4-6-17(7-5-16)11(3)14(18)19/h9-11H,4-8H2,1-3H3,(H,18,19). The predicted octanol–water partition coefficient (Wildman–Crippen LogP) is 1.86. The van der Waals surface area contributed by atoms with Crippen molar-refractivity contribution in [3.8, 4) is 0 Å². The molecule has 0 amide bonds. The third-order valence-corrected chi connectivity index (χ3v) is 4.96. The smallest absolute Gasteiger partial charge is 0.320 e. The molecule has 1 aliphatic heterocycles. The second-order valence-electron chi connectivity index (χ2n) is 5.66. The number of aliphatic carboxylic acids is 1. The average molecular weight is 297 g/mol. The molecule has 0 saturated carbocycles. The van der Waals surface area contributed by atoms with E-state index in [0.717, 1.165) is 38.4 Å². The average Bonchev–Trinajstić information content (AvgIpc) is 2.87. The number of thiazole rings is 1. The molecule has 1 saturated heterocycles. The molecular formula is C14H23N3O2S. The molecule has 1 atom stereocenters. The molecule has 1 fully saturated rings. The molecule has 20 heavy (non-hydrogen) atoms. The van der Waals surface area contributed by atoms with E-state index in [9.17, 15) is 4.79 Å². The second kappa shape index (κ2) is 6.65. The van der Waals surface area contributed by atoms with E-state index in [1.807, 2.05) is 4.90 Å². The van der Waals surface area contributed by atoms with Gasteiger partial charge in [-0.3, -0.25) is 14.6 Å². The summed E-state index contributed by atoms with van der Waals surface area (Å²) in [4.78, 5) is 20.0. The molecule has 6 heteroatoms. The van der Waals surface area contributed by atoms with E-state index >= 15 is 0 Å². The van der Waals surface area contributed by atoms with Crippen molar-refractivity contribution >= 4 is 17.3 Å². The minimum Gasteiger partial charge on any atom is -0.480 e. The Balaban J connectivity index is 1.83. The van der Waals surface area contributed by atoms with Crippen LogP contribution in [0.4, 0.5) is 0 Å². The molecule has 5 nitrogen and oxygen atoms in total. The van der Waals surface area contributed by atoms with Crippen LogP contribution in [0.1, 0.15) is 37.4 Å². The first-order valence-electron chi connectivity index (χ1n) is 7.11. The Morgan fingerprint density at radius 3 is 2.50 bits per heavy atom. The Labute approximate surface area is 124 Å². The summed E-state index contributed by atoms with van der Waals surface area (Å²) in [6, 6.07) is -0.385. The van der Waals surface area contributed by atoms with E-state index in [2.05, 4.69) is 29.1 Å². The lowest BCUT2D eigenvalue weighted by Crippen LogP contribution is -2.51. The maximum atomic E-state index is 11.0. The lowest BCUT2D eigenvalue weighted by Gasteiger charge is -2.36. The number of hydrogen-bond donors (Lipinski definition) is 1. The molecule has 1 aromatic heterocycles. The number of nitrogens with zero attached hydrogens (tertiary/aromatic N) is 3. The van der Waals surface area contributed by atoms with Gasteiger partial charge >= 0.3 is 5.97 Å². The van der Waals surface area contributed by atoms with Gasteiger partial charge in [0.05, 0.1) is 10.7 Å². The summed E-state index contributed by atoms with van der Waals surface area (Å²) in [6.07, 6.45) is 0. The van der Waals surface area contributed by atoms with Gasteiger partial charge < -0.3 is 5.11 Å². The zero-order chi connectivity index (χ0) is 14.7.